The summed E-state index contributed by atoms with van der Waals surface area (Å²) in [5.41, 5.74) is 1.21. The molecule has 0 bridgehead atoms. The summed E-state index contributed by atoms with van der Waals surface area (Å²) in [5.74, 6) is 0.0797. The van der Waals surface area contributed by atoms with Crippen LogP contribution in [0.4, 0.5) is 0 Å². The standard InChI is InChI=1S/C21H23N5O3/c1-25-18(6-9-24-25)19(27)23-8-5-17-7-10-29-21(17)13-26(14-21)20(28)16-4-2-3-15(11-16)12-22/h2-4,6,9,11,17H,5,7-8,10,13-14H2,1H3,(H,23,27)/t17-/m1/s1. The number of likely N-dealkylation sites (tertiary alicyclic amines) is 1. The van der Waals surface area contributed by atoms with E-state index in [1.165, 1.54) is 0 Å². The van der Waals surface area contributed by atoms with Gasteiger partial charge >= 0.3 is 0 Å². The summed E-state index contributed by atoms with van der Waals surface area (Å²) in [6.07, 6.45) is 3.32. The predicted molar refractivity (Wildman–Crippen MR) is 104 cm³/mol. The molecule has 4 rings (SSSR count). The lowest BCUT2D eigenvalue weighted by Gasteiger charge is -2.50. The van der Waals surface area contributed by atoms with Crippen molar-refractivity contribution in [1.82, 2.24) is 20.0 Å². The average molecular weight is 393 g/mol. The first-order valence-electron chi connectivity index (χ1n) is 9.72. The molecule has 1 aromatic carbocycles. The topological polar surface area (TPSA) is 100 Å². The maximum Gasteiger partial charge on any atom is 0.269 e. The molecule has 3 heterocycles. The van der Waals surface area contributed by atoms with Crippen LogP contribution < -0.4 is 5.32 Å². The average Bonchev–Trinajstić information content (AvgIpc) is 3.32. The van der Waals surface area contributed by atoms with Crippen LogP contribution in [0.1, 0.15) is 39.3 Å². The Morgan fingerprint density at radius 2 is 2.21 bits per heavy atom. The van der Waals surface area contributed by atoms with Gasteiger partial charge < -0.3 is 15.0 Å². The van der Waals surface area contributed by atoms with E-state index in [2.05, 4.69) is 16.5 Å². The van der Waals surface area contributed by atoms with Gasteiger partial charge in [0.05, 0.1) is 24.7 Å². The zero-order valence-electron chi connectivity index (χ0n) is 16.3. The number of benzene rings is 1. The molecule has 0 saturated carbocycles. The minimum atomic E-state index is -0.320. The van der Waals surface area contributed by atoms with Crippen molar-refractivity contribution in [3.8, 4) is 6.07 Å². The van der Waals surface area contributed by atoms with E-state index in [0.29, 0.717) is 49.0 Å². The van der Waals surface area contributed by atoms with Crippen LogP contribution in [0.5, 0.6) is 0 Å². The largest absolute Gasteiger partial charge is 0.371 e. The second-order valence-electron chi connectivity index (χ2n) is 7.64. The minimum absolute atomic E-state index is 0.0773. The van der Waals surface area contributed by atoms with Crippen LogP contribution in [-0.2, 0) is 11.8 Å². The fourth-order valence-electron chi connectivity index (χ4n) is 4.24. The Kier molecular flexibility index (Phi) is 5.07. The first-order valence-corrected chi connectivity index (χ1v) is 9.72. The lowest BCUT2D eigenvalue weighted by molar-refractivity contribution is -0.117. The van der Waals surface area contributed by atoms with Crippen molar-refractivity contribution < 1.29 is 14.3 Å². The van der Waals surface area contributed by atoms with Crippen molar-refractivity contribution in [1.29, 1.82) is 5.26 Å². The van der Waals surface area contributed by atoms with Crippen molar-refractivity contribution in [2.24, 2.45) is 13.0 Å². The molecule has 1 atom stereocenters. The van der Waals surface area contributed by atoms with Gasteiger partial charge in [-0.15, -0.1) is 0 Å². The molecule has 29 heavy (non-hydrogen) atoms. The number of rotatable bonds is 5. The normalized spacial score (nSPS) is 19.6. The Morgan fingerprint density at radius 3 is 2.93 bits per heavy atom. The molecule has 2 saturated heterocycles. The van der Waals surface area contributed by atoms with E-state index in [-0.39, 0.29) is 17.4 Å². The first-order chi connectivity index (χ1) is 14.0. The molecule has 0 aliphatic carbocycles. The molecule has 150 valence electrons. The van der Waals surface area contributed by atoms with E-state index in [0.717, 1.165) is 12.8 Å². The number of hydrogen-bond donors (Lipinski definition) is 1. The maximum atomic E-state index is 12.7. The highest BCUT2D eigenvalue weighted by molar-refractivity contribution is 5.95. The molecule has 8 heteroatoms. The van der Waals surface area contributed by atoms with Gasteiger partial charge in [-0.2, -0.15) is 10.4 Å². The zero-order chi connectivity index (χ0) is 20.4. The van der Waals surface area contributed by atoms with Gasteiger partial charge in [-0.3, -0.25) is 14.3 Å². The lowest BCUT2D eigenvalue weighted by atomic mass is 9.78. The third kappa shape index (κ3) is 3.61. The molecular formula is C21H23N5O3. The summed E-state index contributed by atoms with van der Waals surface area (Å²) in [6.45, 7) is 2.32. The van der Waals surface area contributed by atoms with Crippen molar-refractivity contribution in [2.75, 3.05) is 26.2 Å². The Bertz CT molecular complexity index is 971. The molecule has 2 aliphatic rings. The number of aryl methyl sites for hydroxylation is 1. The molecule has 2 amide bonds. The number of aromatic nitrogens is 2. The van der Waals surface area contributed by atoms with Crippen molar-refractivity contribution in [3.63, 3.8) is 0 Å². The number of carbonyl (C=O) groups is 2. The smallest absolute Gasteiger partial charge is 0.269 e. The van der Waals surface area contributed by atoms with Crippen LogP contribution >= 0.6 is 0 Å². The minimum Gasteiger partial charge on any atom is -0.371 e. The number of hydrogen-bond acceptors (Lipinski definition) is 5. The molecule has 0 unspecified atom stereocenters. The Hall–Kier alpha value is -3.18. The van der Waals surface area contributed by atoms with Crippen LogP contribution in [0.15, 0.2) is 36.5 Å². The van der Waals surface area contributed by atoms with Gasteiger partial charge in [0.25, 0.3) is 11.8 Å². The maximum absolute atomic E-state index is 12.7. The van der Waals surface area contributed by atoms with Crippen LogP contribution in [0, 0.1) is 17.2 Å². The van der Waals surface area contributed by atoms with Crippen LogP contribution in [0.25, 0.3) is 0 Å². The molecule has 1 aromatic heterocycles. The van der Waals surface area contributed by atoms with Gasteiger partial charge in [-0.05, 0) is 43.0 Å². The van der Waals surface area contributed by atoms with E-state index in [1.807, 2.05) is 0 Å². The second kappa shape index (κ2) is 7.68. The summed E-state index contributed by atoms with van der Waals surface area (Å²) in [5, 5.41) is 16.0. The quantitative estimate of drug-likeness (QED) is 0.826. The van der Waals surface area contributed by atoms with E-state index < -0.39 is 0 Å². The number of ether oxygens (including phenoxy) is 1. The Labute approximate surface area is 169 Å². The van der Waals surface area contributed by atoms with Gasteiger partial charge in [0.2, 0.25) is 0 Å². The zero-order valence-corrected chi connectivity index (χ0v) is 16.3. The summed E-state index contributed by atoms with van der Waals surface area (Å²) in [4.78, 5) is 26.7. The Morgan fingerprint density at radius 1 is 1.38 bits per heavy atom. The highest BCUT2D eigenvalue weighted by atomic mass is 16.5. The summed E-state index contributed by atoms with van der Waals surface area (Å²) in [6, 6.07) is 10.5. The van der Waals surface area contributed by atoms with E-state index in [1.54, 1.807) is 53.2 Å². The first kappa shape index (κ1) is 19.2. The highest BCUT2D eigenvalue weighted by Gasteiger charge is 2.54. The predicted octanol–water partition coefficient (Wildman–Crippen LogP) is 1.34. The van der Waals surface area contributed by atoms with Gasteiger partial charge in [0.1, 0.15) is 11.3 Å². The molecule has 8 nitrogen and oxygen atoms in total. The van der Waals surface area contributed by atoms with Gasteiger partial charge in [-0.25, -0.2) is 0 Å². The fraction of sp³-hybridized carbons (Fsp3) is 0.429. The number of carbonyl (C=O) groups excluding carboxylic acids is 2. The Balaban J connectivity index is 1.31. The van der Waals surface area contributed by atoms with E-state index in [9.17, 15) is 9.59 Å². The van der Waals surface area contributed by atoms with Crippen molar-refractivity contribution in [2.45, 2.75) is 18.4 Å². The number of nitriles is 1. The number of nitrogens with zero attached hydrogens (tertiary/aromatic N) is 4. The molecule has 1 spiro atoms. The molecule has 0 radical (unpaired) electrons. The number of amides is 2. The van der Waals surface area contributed by atoms with Gasteiger partial charge in [0, 0.05) is 32.0 Å². The van der Waals surface area contributed by atoms with E-state index >= 15 is 0 Å². The monoisotopic (exact) mass is 393 g/mol. The van der Waals surface area contributed by atoms with Crippen LogP contribution in [-0.4, -0.2) is 58.3 Å². The van der Waals surface area contributed by atoms with Crippen LogP contribution in [0.3, 0.4) is 0 Å². The van der Waals surface area contributed by atoms with Gasteiger partial charge in [0.15, 0.2) is 0 Å². The second-order valence-corrected chi connectivity index (χ2v) is 7.64. The third-order valence-electron chi connectivity index (χ3n) is 5.87. The lowest BCUT2D eigenvalue weighted by Crippen LogP contribution is -2.66. The summed E-state index contributed by atoms with van der Waals surface area (Å²) in [7, 11) is 1.74. The van der Waals surface area contributed by atoms with Gasteiger partial charge in [-0.1, -0.05) is 6.07 Å². The molecule has 2 fully saturated rings. The third-order valence-corrected chi connectivity index (χ3v) is 5.87. The number of nitrogens with one attached hydrogen (secondary N) is 1. The molecule has 2 aliphatic heterocycles. The van der Waals surface area contributed by atoms with Crippen molar-refractivity contribution >= 4 is 11.8 Å². The van der Waals surface area contributed by atoms with Crippen LogP contribution in [0.2, 0.25) is 0 Å². The van der Waals surface area contributed by atoms with E-state index in [4.69, 9.17) is 10.00 Å². The summed E-state index contributed by atoms with van der Waals surface area (Å²) >= 11 is 0. The molecule has 2 aromatic rings. The fourth-order valence-corrected chi connectivity index (χ4v) is 4.24. The summed E-state index contributed by atoms with van der Waals surface area (Å²) < 4.78 is 7.57. The molecule has 1 N–H and O–H groups in total. The highest BCUT2D eigenvalue weighted by Crippen LogP contribution is 2.42. The molecular weight excluding hydrogens is 370 g/mol. The van der Waals surface area contributed by atoms with Crippen molar-refractivity contribution in [3.05, 3.63) is 53.3 Å². The SMILES string of the molecule is Cn1nccc1C(=O)NCC[C@@H]1CCOC12CN(C(=O)c1cccc(C#N)c1)C2.